The summed E-state index contributed by atoms with van der Waals surface area (Å²) < 4.78 is 0. The summed E-state index contributed by atoms with van der Waals surface area (Å²) in [5, 5.41) is 8.56. The van der Waals surface area contributed by atoms with E-state index < -0.39 is 11.9 Å². The molecule has 2 heteroatoms. The molecular weight excluding hydrogens is 164 g/mol. The predicted octanol–water partition coefficient (Wildman–Crippen LogP) is 2.79. The Hall–Kier alpha value is -1.31. The maximum absolute atomic E-state index is 10.4. The van der Waals surface area contributed by atoms with Crippen molar-refractivity contribution in [3.8, 4) is 0 Å². The molecule has 72 valence electrons. The number of rotatable bonds is 5. The lowest BCUT2D eigenvalue weighted by atomic mass is 10.1. The Morgan fingerprint density at radius 3 is 2.69 bits per heavy atom. The van der Waals surface area contributed by atoms with E-state index in [1.807, 2.05) is 19.1 Å². The van der Waals surface area contributed by atoms with Crippen LogP contribution in [0.1, 0.15) is 20.3 Å². The fraction of sp³-hybridized carbons (Fsp3) is 0.364. The van der Waals surface area contributed by atoms with Crippen LogP contribution in [-0.4, -0.2) is 11.1 Å². The molecule has 0 saturated carbocycles. The van der Waals surface area contributed by atoms with Crippen LogP contribution in [-0.2, 0) is 4.79 Å². The van der Waals surface area contributed by atoms with Crippen molar-refractivity contribution in [1.82, 2.24) is 0 Å². The van der Waals surface area contributed by atoms with Crippen LogP contribution in [0, 0.1) is 5.92 Å². The second kappa shape index (κ2) is 6.23. The molecule has 0 aliphatic rings. The number of carboxylic acids is 1. The highest BCUT2D eigenvalue weighted by atomic mass is 16.4. The molecule has 0 amide bonds. The molecule has 0 spiro atoms. The van der Waals surface area contributed by atoms with Gasteiger partial charge in [-0.05, 0) is 20.3 Å². The molecule has 0 aliphatic carbocycles. The lowest BCUT2D eigenvalue weighted by Gasteiger charge is -1.96. The van der Waals surface area contributed by atoms with Crippen LogP contribution in [0.3, 0.4) is 0 Å². The number of hydrogen-bond acceptors (Lipinski definition) is 1. The van der Waals surface area contributed by atoms with Gasteiger partial charge in [-0.2, -0.15) is 0 Å². The van der Waals surface area contributed by atoms with Crippen LogP contribution >= 0.6 is 0 Å². The zero-order valence-corrected chi connectivity index (χ0v) is 8.16. The van der Waals surface area contributed by atoms with Gasteiger partial charge >= 0.3 is 5.97 Å². The SMILES string of the molecule is C=CCC(C)=CC=CC(C)C(=O)O. The first-order valence-electron chi connectivity index (χ1n) is 4.25. The molecule has 1 N–H and O–H groups in total. The molecule has 2 nitrogen and oxygen atoms in total. The van der Waals surface area contributed by atoms with Gasteiger partial charge in [-0.25, -0.2) is 0 Å². The summed E-state index contributed by atoms with van der Waals surface area (Å²) in [6.45, 7) is 7.24. The standard InChI is InChI=1S/C11H16O2/c1-4-6-9(2)7-5-8-10(3)11(12)13/h4-5,7-8,10H,1,6H2,2-3H3,(H,12,13). The summed E-state index contributed by atoms with van der Waals surface area (Å²) in [6, 6.07) is 0. The van der Waals surface area contributed by atoms with Gasteiger partial charge in [0.25, 0.3) is 0 Å². The van der Waals surface area contributed by atoms with Gasteiger partial charge in [-0.3, -0.25) is 4.79 Å². The third-order valence-electron chi connectivity index (χ3n) is 1.64. The Labute approximate surface area is 79.3 Å². The maximum atomic E-state index is 10.4. The van der Waals surface area contributed by atoms with Crippen molar-refractivity contribution >= 4 is 5.97 Å². The van der Waals surface area contributed by atoms with Crippen molar-refractivity contribution in [3.05, 3.63) is 36.5 Å². The summed E-state index contributed by atoms with van der Waals surface area (Å²) in [4.78, 5) is 10.4. The quantitative estimate of drug-likeness (QED) is 0.521. The number of carboxylic acid groups (broad SMARTS) is 1. The van der Waals surface area contributed by atoms with Gasteiger partial charge in [-0.1, -0.05) is 29.9 Å². The normalized spacial score (nSPS) is 14.5. The van der Waals surface area contributed by atoms with Crippen LogP contribution in [0.5, 0.6) is 0 Å². The lowest BCUT2D eigenvalue weighted by Crippen LogP contribution is -2.05. The first kappa shape index (κ1) is 11.7. The Morgan fingerprint density at radius 2 is 2.23 bits per heavy atom. The molecule has 0 rings (SSSR count). The Kier molecular flexibility index (Phi) is 5.60. The van der Waals surface area contributed by atoms with E-state index in [1.165, 1.54) is 5.57 Å². The molecule has 0 aromatic carbocycles. The average Bonchev–Trinajstić information content (AvgIpc) is 2.04. The Balaban J connectivity index is 4.05. The molecule has 0 aliphatic heterocycles. The number of carbonyl (C=O) groups is 1. The predicted molar refractivity (Wildman–Crippen MR) is 54.5 cm³/mol. The van der Waals surface area contributed by atoms with Crippen molar-refractivity contribution in [2.75, 3.05) is 0 Å². The molecule has 0 fully saturated rings. The van der Waals surface area contributed by atoms with Crippen LogP contribution in [0.4, 0.5) is 0 Å². The highest BCUT2D eigenvalue weighted by Gasteiger charge is 2.03. The zero-order valence-electron chi connectivity index (χ0n) is 8.16. The third kappa shape index (κ3) is 5.91. The zero-order chi connectivity index (χ0) is 10.3. The molecule has 1 atom stereocenters. The minimum absolute atomic E-state index is 0.423. The van der Waals surface area contributed by atoms with Gasteiger partial charge in [-0.15, -0.1) is 6.58 Å². The minimum Gasteiger partial charge on any atom is -0.481 e. The summed E-state index contributed by atoms with van der Waals surface area (Å²) >= 11 is 0. The van der Waals surface area contributed by atoms with Crippen LogP contribution < -0.4 is 0 Å². The van der Waals surface area contributed by atoms with E-state index >= 15 is 0 Å². The van der Waals surface area contributed by atoms with Crippen LogP contribution in [0.2, 0.25) is 0 Å². The summed E-state index contributed by atoms with van der Waals surface area (Å²) in [5.74, 6) is -1.22. The summed E-state index contributed by atoms with van der Waals surface area (Å²) in [7, 11) is 0. The van der Waals surface area contributed by atoms with Crippen molar-refractivity contribution in [2.24, 2.45) is 5.92 Å². The van der Waals surface area contributed by atoms with E-state index in [1.54, 1.807) is 19.1 Å². The third-order valence-corrected chi connectivity index (χ3v) is 1.64. The van der Waals surface area contributed by atoms with E-state index in [4.69, 9.17) is 5.11 Å². The largest absolute Gasteiger partial charge is 0.481 e. The average molecular weight is 180 g/mol. The van der Waals surface area contributed by atoms with E-state index in [0.717, 1.165) is 6.42 Å². The molecule has 0 bridgehead atoms. The maximum Gasteiger partial charge on any atom is 0.310 e. The Morgan fingerprint density at radius 1 is 1.62 bits per heavy atom. The van der Waals surface area contributed by atoms with Crippen LogP contribution in [0.15, 0.2) is 36.5 Å². The molecule has 13 heavy (non-hydrogen) atoms. The van der Waals surface area contributed by atoms with Crippen LogP contribution in [0.25, 0.3) is 0 Å². The molecule has 1 unspecified atom stereocenters. The summed E-state index contributed by atoms with van der Waals surface area (Å²) in [5.41, 5.74) is 1.17. The second-order valence-electron chi connectivity index (χ2n) is 3.02. The highest BCUT2D eigenvalue weighted by molar-refractivity contribution is 5.71. The van der Waals surface area contributed by atoms with Gasteiger partial charge in [0.1, 0.15) is 0 Å². The van der Waals surface area contributed by atoms with E-state index in [-0.39, 0.29) is 0 Å². The Bertz CT molecular complexity index is 236. The lowest BCUT2D eigenvalue weighted by molar-refractivity contribution is -0.139. The first-order chi connectivity index (χ1) is 6.07. The fourth-order valence-corrected chi connectivity index (χ4v) is 0.765. The minimum atomic E-state index is -0.800. The first-order valence-corrected chi connectivity index (χ1v) is 4.25. The van der Waals surface area contributed by atoms with Gasteiger partial charge < -0.3 is 5.11 Å². The van der Waals surface area contributed by atoms with Crippen molar-refractivity contribution in [3.63, 3.8) is 0 Å². The number of allylic oxidation sites excluding steroid dienone is 4. The van der Waals surface area contributed by atoms with Crippen molar-refractivity contribution < 1.29 is 9.90 Å². The highest BCUT2D eigenvalue weighted by Crippen LogP contribution is 2.02. The molecule has 0 aromatic rings. The van der Waals surface area contributed by atoms with E-state index in [9.17, 15) is 4.79 Å². The van der Waals surface area contributed by atoms with Gasteiger partial charge in [0.15, 0.2) is 0 Å². The van der Waals surface area contributed by atoms with Gasteiger partial charge in [0.2, 0.25) is 0 Å². The van der Waals surface area contributed by atoms with Crippen molar-refractivity contribution in [2.45, 2.75) is 20.3 Å². The van der Waals surface area contributed by atoms with Gasteiger partial charge in [0.05, 0.1) is 5.92 Å². The summed E-state index contributed by atoms with van der Waals surface area (Å²) in [6.07, 6.45) is 8.00. The van der Waals surface area contributed by atoms with E-state index in [2.05, 4.69) is 6.58 Å². The van der Waals surface area contributed by atoms with Crippen molar-refractivity contribution in [1.29, 1.82) is 0 Å². The van der Waals surface area contributed by atoms with E-state index in [0.29, 0.717) is 0 Å². The topological polar surface area (TPSA) is 37.3 Å². The molecule has 0 heterocycles. The number of hydrogen-bond donors (Lipinski definition) is 1. The molecular formula is C11H16O2. The van der Waals surface area contributed by atoms with Gasteiger partial charge in [0, 0.05) is 0 Å². The molecule has 0 aromatic heterocycles. The molecule has 0 saturated heterocycles. The monoisotopic (exact) mass is 180 g/mol. The molecule has 0 radical (unpaired) electrons. The smallest absolute Gasteiger partial charge is 0.310 e. The second-order valence-corrected chi connectivity index (χ2v) is 3.02. The number of aliphatic carboxylic acids is 1. The fourth-order valence-electron chi connectivity index (χ4n) is 0.765.